The number of anilines is 1. The number of aryl methyl sites for hydroxylation is 3. The standard InChI is InChI=1S/C13H15N3O2S/c1-8-5-4-6-12(16(17)18)13(8)14-7-11-9(2)19-10(3)15-11/h4-6,14H,7H2,1-3H3. The Labute approximate surface area is 115 Å². The highest BCUT2D eigenvalue weighted by Crippen LogP contribution is 2.28. The van der Waals surface area contributed by atoms with Crippen molar-refractivity contribution in [2.24, 2.45) is 0 Å². The summed E-state index contributed by atoms with van der Waals surface area (Å²) in [5, 5.41) is 15.2. The Hall–Kier alpha value is -1.95. The largest absolute Gasteiger partial charge is 0.374 e. The Kier molecular flexibility index (Phi) is 3.80. The number of hydrogen-bond donors (Lipinski definition) is 1. The molecule has 1 N–H and O–H groups in total. The fourth-order valence-corrected chi connectivity index (χ4v) is 2.78. The molecule has 1 aromatic heterocycles. The van der Waals surface area contributed by atoms with E-state index in [9.17, 15) is 10.1 Å². The first-order valence-electron chi connectivity index (χ1n) is 5.90. The van der Waals surface area contributed by atoms with Crippen molar-refractivity contribution in [3.8, 4) is 0 Å². The normalized spacial score (nSPS) is 10.5. The van der Waals surface area contributed by atoms with Crippen molar-refractivity contribution >= 4 is 22.7 Å². The van der Waals surface area contributed by atoms with Crippen LogP contribution in [0.4, 0.5) is 11.4 Å². The van der Waals surface area contributed by atoms with Gasteiger partial charge in [-0.2, -0.15) is 0 Å². The molecule has 0 saturated heterocycles. The first kappa shape index (κ1) is 13.5. The zero-order valence-electron chi connectivity index (χ0n) is 11.1. The van der Waals surface area contributed by atoms with Crippen LogP contribution >= 0.6 is 11.3 Å². The molecule has 0 radical (unpaired) electrons. The van der Waals surface area contributed by atoms with E-state index < -0.39 is 0 Å². The molecule has 100 valence electrons. The summed E-state index contributed by atoms with van der Waals surface area (Å²) >= 11 is 1.63. The lowest BCUT2D eigenvalue weighted by atomic mass is 10.1. The molecule has 0 spiro atoms. The van der Waals surface area contributed by atoms with E-state index in [1.165, 1.54) is 6.07 Å². The van der Waals surface area contributed by atoms with Gasteiger partial charge < -0.3 is 5.32 Å². The molecule has 0 unspecified atom stereocenters. The SMILES string of the molecule is Cc1nc(CNc2c(C)cccc2[N+](=O)[O-])c(C)s1. The molecule has 0 aliphatic heterocycles. The Morgan fingerprint density at radius 1 is 1.37 bits per heavy atom. The number of hydrogen-bond acceptors (Lipinski definition) is 5. The number of benzene rings is 1. The maximum atomic E-state index is 11.0. The molecule has 2 rings (SSSR count). The minimum Gasteiger partial charge on any atom is -0.374 e. The highest BCUT2D eigenvalue weighted by atomic mass is 32.1. The van der Waals surface area contributed by atoms with Gasteiger partial charge in [-0.15, -0.1) is 11.3 Å². The Morgan fingerprint density at radius 3 is 2.68 bits per heavy atom. The van der Waals surface area contributed by atoms with Gasteiger partial charge in [-0.25, -0.2) is 4.98 Å². The van der Waals surface area contributed by atoms with Crippen molar-refractivity contribution in [3.05, 3.63) is 49.5 Å². The minimum atomic E-state index is -0.367. The molecule has 1 heterocycles. The monoisotopic (exact) mass is 277 g/mol. The number of nitrogens with one attached hydrogen (secondary N) is 1. The van der Waals surface area contributed by atoms with Crippen LogP contribution in [0.1, 0.15) is 21.1 Å². The van der Waals surface area contributed by atoms with Gasteiger partial charge in [-0.05, 0) is 26.3 Å². The van der Waals surface area contributed by atoms with Crippen molar-refractivity contribution in [2.45, 2.75) is 27.3 Å². The average Bonchev–Trinajstić information content (AvgIpc) is 2.66. The number of para-hydroxylation sites is 1. The van der Waals surface area contributed by atoms with Crippen LogP contribution in [-0.4, -0.2) is 9.91 Å². The van der Waals surface area contributed by atoms with Crippen molar-refractivity contribution in [1.82, 2.24) is 4.98 Å². The molecule has 0 aliphatic rings. The van der Waals surface area contributed by atoms with Crippen LogP contribution in [0.3, 0.4) is 0 Å². The van der Waals surface area contributed by atoms with E-state index in [-0.39, 0.29) is 10.6 Å². The molecule has 0 saturated carbocycles. The Balaban J connectivity index is 2.24. The van der Waals surface area contributed by atoms with Crippen LogP contribution in [-0.2, 0) is 6.54 Å². The lowest BCUT2D eigenvalue weighted by Gasteiger charge is -2.09. The molecule has 6 heteroatoms. The predicted octanol–water partition coefficient (Wildman–Crippen LogP) is 3.59. The summed E-state index contributed by atoms with van der Waals surface area (Å²) in [4.78, 5) is 16.2. The second-order valence-corrected chi connectivity index (χ2v) is 5.72. The van der Waals surface area contributed by atoms with Gasteiger partial charge >= 0.3 is 0 Å². The number of thiazole rings is 1. The number of rotatable bonds is 4. The molecular formula is C13H15N3O2S. The number of aromatic nitrogens is 1. The smallest absolute Gasteiger partial charge is 0.292 e. The molecular weight excluding hydrogens is 262 g/mol. The molecule has 0 fully saturated rings. The maximum absolute atomic E-state index is 11.0. The predicted molar refractivity (Wildman–Crippen MR) is 76.7 cm³/mol. The van der Waals surface area contributed by atoms with Gasteiger partial charge in [0.15, 0.2) is 0 Å². The van der Waals surface area contributed by atoms with Gasteiger partial charge in [0.25, 0.3) is 5.69 Å². The van der Waals surface area contributed by atoms with E-state index in [1.54, 1.807) is 17.4 Å². The molecule has 2 aromatic rings. The fourth-order valence-electron chi connectivity index (χ4n) is 1.94. The van der Waals surface area contributed by atoms with Crippen LogP contribution in [0.15, 0.2) is 18.2 Å². The molecule has 1 aromatic carbocycles. The molecule has 0 aliphatic carbocycles. The summed E-state index contributed by atoms with van der Waals surface area (Å²) in [6.07, 6.45) is 0. The van der Waals surface area contributed by atoms with E-state index in [2.05, 4.69) is 10.3 Å². The lowest BCUT2D eigenvalue weighted by molar-refractivity contribution is -0.384. The van der Waals surface area contributed by atoms with Crippen LogP contribution in [0.5, 0.6) is 0 Å². The Morgan fingerprint density at radius 2 is 2.11 bits per heavy atom. The van der Waals surface area contributed by atoms with Crippen LogP contribution in [0.2, 0.25) is 0 Å². The molecule has 0 bridgehead atoms. The van der Waals surface area contributed by atoms with Gasteiger partial charge in [0.05, 0.1) is 22.2 Å². The minimum absolute atomic E-state index is 0.101. The van der Waals surface area contributed by atoms with Crippen molar-refractivity contribution < 1.29 is 4.92 Å². The van der Waals surface area contributed by atoms with E-state index in [1.807, 2.05) is 26.8 Å². The fraction of sp³-hybridized carbons (Fsp3) is 0.308. The molecule has 5 nitrogen and oxygen atoms in total. The average molecular weight is 277 g/mol. The van der Waals surface area contributed by atoms with Gasteiger partial charge in [0.1, 0.15) is 5.69 Å². The second kappa shape index (κ2) is 5.36. The maximum Gasteiger partial charge on any atom is 0.292 e. The molecule has 19 heavy (non-hydrogen) atoms. The summed E-state index contributed by atoms with van der Waals surface area (Å²) in [7, 11) is 0. The van der Waals surface area contributed by atoms with E-state index in [0.29, 0.717) is 12.2 Å². The number of nitro benzene ring substituents is 1. The van der Waals surface area contributed by atoms with E-state index >= 15 is 0 Å². The van der Waals surface area contributed by atoms with Crippen molar-refractivity contribution in [2.75, 3.05) is 5.32 Å². The van der Waals surface area contributed by atoms with Crippen molar-refractivity contribution in [3.63, 3.8) is 0 Å². The van der Waals surface area contributed by atoms with E-state index in [4.69, 9.17) is 0 Å². The van der Waals surface area contributed by atoms with Crippen LogP contribution in [0, 0.1) is 30.9 Å². The first-order chi connectivity index (χ1) is 8.99. The second-order valence-electron chi connectivity index (χ2n) is 4.32. The highest BCUT2D eigenvalue weighted by molar-refractivity contribution is 7.11. The summed E-state index contributed by atoms with van der Waals surface area (Å²) in [5.41, 5.74) is 2.47. The topological polar surface area (TPSA) is 68.1 Å². The summed E-state index contributed by atoms with van der Waals surface area (Å²) < 4.78 is 0. The zero-order valence-corrected chi connectivity index (χ0v) is 11.9. The quantitative estimate of drug-likeness (QED) is 0.685. The zero-order chi connectivity index (χ0) is 14.0. The van der Waals surface area contributed by atoms with Gasteiger partial charge in [-0.1, -0.05) is 12.1 Å². The molecule has 0 amide bonds. The van der Waals surface area contributed by atoms with Gasteiger partial charge in [0, 0.05) is 10.9 Å². The lowest BCUT2D eigenvalue weighted by Crippen LogP contribution is -2.05. The third-order valence-corrected chi connectivity index (χ3v) is 3.81. The van der Waals surface area contributed by atoms with Crippen molar-refractivity contribution in [1.29, 1.82) is 0 Å². The van der Waals surface area contributed by atoms with Gasteiger partial charge in [-0.3, -0.25) is 10.1 Å². The molecule has 0 atom stereocenters. The van der Waals surface area contributed by atoms with Crippen LogP contribution in [0.25, 0.3) is 0 Å². The summed E-state index contributed by atoms with van der Waals surface area (Å²) in [5.74, 6) is 0. The Bertz CT molecular complexity index is 622. The summed E-state index contributed by atoms with van der Waals surface area (Å²) in [6, 6.07) is 5.06. The number of nitrogens with zero attached hydrogens (tertiary/aromatic N) is 2. The third kappa shape index (κ3) is 2.90. The van der Waals surface area contributed by atoms with E-state index in [0.717, 1.165) is 21.1 Å². The number of nitro groups is 1. The first-order valence-corrected chi connectivity index (χ1v) is 6.71. The third-order valence-electron chi connectivity index (χ3n) is 2.88. The summed E-state index contributed by atoms with van der Waals surface area (Å²) in [6.45, 7) is 6.32. The highest BCUT2D eigenvalue weighted by Gasteiger charge is 2.15. The van der Waals surface area contributed by atoms with Crippen LogP contribution < -0.4 is 5.32 Å². The van der Waals surface area contributed by atoms with Gasteiger partial charge in [0.2, 0.25) is 0 Å².